The fraction of sp³-hybridized carbons (Fsp3) is 0.500. The number of rotatable bonds is 5. The van der Waals surface area contributed by atoms with E-state index in [0.29, 0.717) is 36.2 Å². The van der Waals surface area contributed by atoms with Gasteiger partial charge in [-0.1, -0.05) is 13.0 Å². The van der Waals surface area contributed by atoms with Crippen molar-refractivity contribution in [3.63, 3.8) is 0 Å². The zero-order chi connectivity index (χ0) is 22.2. The van der Waals surface area contributed by atoms with E-state index in [1.807, 2.05) is 18.2 Å². The number of nitrogens with zero attached hydrogens (tertiary/aromatic N) is 1. The summed E-state index contributed by atoms with van der Waals surface area (Å²) in [6.45, 7) is 5.48. The number of morpholine rings is 1. The lowest BCUT2D eigenvalue weighted by Gasteiger charge is -2.44. The molecule has 3 aliphatic heterocycles. The van der Waals surface area contributed by atoms with Gasteiger partial charge in [0.2, 0.25) is 12.5 Å². The molecule has 0 bridgehead atoms. The average Bonchev–Trinajstić information content (AvgIpc) is 3.29. The van der Waals surface area contributed by atoms with Crippen LogP contribution in [0.25, 0.3) is 0 Å². The van der Waals surface area contributed by atoms with Gasteiger partial charge < -0.3 is 33.2 Å². The van der Waals surface area contributed by atoms with Gasteiger partial charge in [-0.2, -0.15) is 0 Å². The summed E-state index contributed by atoms with van der Waals surface area (Å²) in [4.78, 5) is 2.35. The Morgan fingerprint density at radius 1 is 0.844 bits per heavy atom. The van der Waals surface area contributed by atoms with Gasteiger partial charge in [0.15, 0.2) is 29.2 Å². The molecule has 5 rings (SSSR count). The van der Waals surface area contributed by atoms with Crippen molar-refractivity contribution in [2.24, 2.45) is 5.92 Å². The van der Waals surface area contributed by atoms with Crippen LogP contribution in [0, 0.1) is 5.92 Å². The number of methoxy groups -OCH3 is 3. The van der Waals surface area contributed by atoms with E-state index in [9.17, 15) is 0 Å². The van der Waals surface area contributed by atoms with Gasteiger partial charge in [0.1, 0.15) is 5.75 Å². The maximum absolute atomic E-state index is 6.57. The number of fused-ring (bicyclic) bond motifs is 2. The summed E-state index contributed by atoms with van der Waals surface area (Å²) in [6.07, 6.45) is -0.116. The minimum atomic E-state index is -0.116. The molecule has 1 fully saturated rings. The summed E-state index contributed by atoms with van der Waals surface area (Å²) in [6, 6.07) is 7.95. The molecule has 0 spiro atoms. The van der Waals surface area contributed by atoms with Gasteiger partial charge in [0.25, 0.3) is 0 Å². The van der Waals surface area contributed by atoms with Crippen molar-refractivity contribution in [3.8, 4) is 34.5 Å². The van der Waals surface area contributed by atoms with E-state index in [1.54, 1.807) is 21.3 Å². The van der Waals surface area contributed by atoms with E-state index in [2.05, 4.69) is 17.9 Å². The first-order valence-corrected chi connectivity index (χ1v) is 10.9. The number of hydrogen-bond donors (Lipinski definition) is 0. The van der Waals surface area contributed by atoms with Gasteiger partial charge in [0, 0.05) is 42.1 Å². The van der Waals surface area contributed by atoms with Crippen molar-refractivity contribution >= 4 is 0 Å². The summed E-state index contributed by atoms with van der Waals surface area (Å²) in [5.74, 6) is 4.20. The topological polar surface area (TPSA) is 67.9 Å². The van der Waals surface area contributed by atoms with Crippen LogP contribution in [0.15, 0.2) is 24.3 Å². The molecule has 0 radical (unpaired) electrons. The molecule has 0 amide bonds. The quantitative estimate of drug-likeness (QED) is 0.698. The molecule has 3 heterocycles. The Morgan fingerprint density at radius 3 is 2.25 bits per heavy atom. The van der Waals surface area contributed by atoms with Crippen molar-refractivity contribution in [2.75, 3.05) is 54.4 Å². The second-order valence-corrected chi connectivity index (χ2v) is 8.16. The zero-order valence-electron chi connectivity index (χ0n) is 18.9. The molecule has 1 saturated heterocycles. The maximum Gasteiger partial charge on any atom is 0.231 e. The van der Waals surface area contributed by atoms with Crippen LogP contribution in [0.5, 0.6) is 34.5 Å². The van der Waals surface area contributed by atoms with Crippen LogP contribution < -0.4 is 28.4 Å². The lowest BCUT2D eigenvalue weighted by Crippen LogP contribution is -2.52. The molecule has 0 unspecified atom stereocenters. The lowest BCUT2D eigenvalue weighted by atomic mass is 9.77. The normalized spacial score (nSPS) is 24.4. The molecular formula is C24H29NO7. The van der Waals surface area contributed by atoms with E-state index >= 15 is 0 Å². The van der Waals surface area contributed by atoms with E-state index < -0.39 is 0 Å². The number of ether oxygens (including phenoxy) is 7. The van der Waals surface area contributed by atoms with Crippen LogP contribution >= 0.6 is 0 Å². The largest absolute Gasteiger partial charge is 0.493 e. The molecule has 0 aliphatic carbocycles. The van der Waals surface area contributed by atoms with E-state index in [1.165, 1.54) is 0 Å². The van der Waals surface area contributed by atoms with Crippen molar-refractivity contribution in [3.05, 3.63) is 35.4 Å². The Labute approximate surface area is 187 Å². The SMILES string of the molecule is COc1ccc([C@H]2c3cc4c(cc3O[C@@H](N3CCOCC3)[C@@H]2C)OCO4)c(OC)c1OC. The van der Waals surface area contributed by atoms with Gasteiger partial charge in [-0.3, -0.25) is 4.90 Å². The van der Waals surface area contributed by atoms with Gasteiger partial charge >= 0.3 is 0 Å². The summed E-state index contributed by atoms with van der Waals surface area (Å²) in [5, 5.41) is 0. The molecule has 8 nitrogen and oxygen atoms in total. The average molecular weight is 443 g/mol. The van der Waals surface area contributed by atoms with E-state index in [-0.39, 0.29) is 24.9 Å². The van der Waals surface area contributed by atoms with Crippen molar-refractivity contribution in [2.45, 2.75) is 19.1 Å². The first kappa shape index (κ1) is 21.0. The molecule has 32 heavy (non-hydrogen) atoms. The van der Waals surface area contributed by atoms with Gasteiger partial charge in [-0.25, -0.2) is 0 Å². The smallest absolute Gasteiger partial charge is 0.231 e. The second-order valence-electron chi connectivity index (χ2n) is 8.16. The highest BCUT2D eigenvalue weighted by molar-refractivity contribution is 5.62. The Hall–Kier alpha value is -2.84. The van der Waals surface area contributed by atoms with Crippen molar-refractivity contribution in [1.82, 2.24) is 4.90 Å². The molecule has 2 aromatic carbocycles. The zero-order valence-corrected chi connectivity index (χ0v) is 18.9. The Balaban J connectivity index is 1.66. The van der Waals surface area contributed by atoms with Gasteiger partial charge in [-0.15, -0.1) is 0 Å². The molecule has 0 aromatic heterocycles. The Kier molecular flexibility index (Phi) is 5.65. The highest BCUT2D eigenvalue weighted by Gasteiger charge is 2.42. The monoisotopic (exact) mass is 443 g/mol. The summed E-state index contributed by atoms with van der Waals surface area (Å²) < 4.78 is 40.5. The predicted octanol–water partition coefficient (Wildman–Crippen LogP) is 3.26. The number of benzene rings is 2. The number of hydrogen-bond acceptors (Lipinski definition) is 8. The van der Waals surface area contributed by atoms with Crippen LogP contribution in [-0.4, -0.2) is 65.6 Å². The maximum atomic E-state index is 6.57. The highest BCUT2D eigenvalue weighted by Crippen LogP contribution is 2.53. The van der Waals surface area contributed by atoms with Gasteiger partial charge in [0.05, 0.1) is 34.5 Å². The summed E-state index contributed by atoms with van der Waals surface area (Å²) in [7, 11) is 4.91. The fourth-order valence-corrected chi connectivity index (χ4v) is 5.03. The lowest BCUT2D eigenvalue weighted by molar-refractivity contribution is -0.0785. The predicted molar refractivity (Wildman–Crippen MR) is 116 cm³/mol. The third-order valence-corrected chi connectivity index (χ3v) is 6.54. The molecule has 3 aliphatic rings. The van der Waals surface area contributed by atoms with Crippen LogP contribution in [0.1, 0.15) is 24.0 Å². The van der Waals surface area contributed by atoms with Crippen LogP contribution in [0.2, 0.25) is 0 Å². The van der Waals surface area contributed by atoms with Crippen LogP contribution in [-0.2, 0) is 4.74 Å². The Bertz CT molecular complexity index is 989. The van der Waals surface area contributed by atoms with Crippen LogP contribution in [0.4, 0.5) is 0 Å². The summed E-state index contributed by atoms with van der Waals surface area (Å²) in [5.41, 5.74) is 2.05. The molecule has 172 valence electrons. The molecule has 8 heteroatoms. The summed E-state index contributed by atoms with van der Waals surface area (Å²) >= 11 is 0. The first-order valence-electron chi connectivity index (χ1n) is 10.9. The Morgan fingerprint density at radius 2 is 1.56 bits per heavy atom. The molecule has 0 saturated carbocycles. The molecule has 0 N–H and O–H groups in total. The minimum Gasteiger partial charge on any atom is -0.493 e. The third kappa shape index (κ3) is 3.38. The van der Waals surface area contributed by atoms with Crippen LogP contribution in [0.3, 0.4) is 0 Å². The van der Waals surface area contributed by atoms with E-state index in [4.69, 9.17) is 33.2 Å². The minimum absolute atomic E-state index is 0.0177. The molecule has 3 atom stereocenters. The fourth-order valence-electron chi connectivity index (χ4n) is 5.03. The van der Waals surface area contributed by atoms with Crippen molar-refractivity contribution < 1.29 is 33.2 Å². The van der Waals surface area contributed by atoms with Gasteiger partial charge in [-0.05, 0) is 12.1 Å². The van der Waals surface area contributed by atoms with E-state index in [0.717, 1.165) is 35.7 Å². The second kappa shape index (κ2) is 8.60. The molecule has 2 aromatic rings. The molecular weight excluding hydrogens is 414 g/mol. The third-order valence-electron chi connectivity index (χ3n) is 6.54. The first-order chi connectivity index (χ1) is 15.7. The van der Waals surface area contributed by atoms with Crippen molar-refractivity contribution in [1.29, 1.82) is 0 Å². The standard InChI is InChI=1S/C24H29NO7/c1-14-21(15-5-6-17(26-2)23(28-4)22(15)27-3)16-11-19-20(31-13-30-19)12-18(16)32-24(14)25-7-9-29-10-8-25/h5-6,11-12,14,21,24H,7-10,13H2,1-4H3/t14-,21+,24-/m1/s1. The highest BCUT2D eigenvalue weighted by atomic mass is 16.7.